The summed E-state index contributed by atoms with van der Waals surface area (Å²) < 4.78 is 31.3. The number of nitrogens with one attached hydrogen (secondary N) is 1. The predicted octanol–water partition coefficient (Wildman–Crippen LogP) is 1.52. The molecule has 0 aliphatic carbocycles. The number of imidazole rings is 1. The molecule has 162 valence electrons. The molecule has 3 rings (SSSR count). The topological polar surface area (TPSA) is 157 Å². The summed E-state index contributed by atoms with van der Waals surface area (Å²) in [5, 5.41) is 0. The van der Waals surface area contributed by atoms with Crippen LogP contribution in [0.4, 0.5) is 5.95 Å². The van der Waals surface area contributed by atoms with Crippen LogP contribution >= 0.6 is 23.5 Å². The molecule has 0 bridgehead atoms. The molecule has 0 spiro atoms. The first-order valence-corrected chi connectivity index (χ1v) is 11.6. The minimum atomic E-state index is -4.09. The Morgan fingerprint density at radius 3 is 2.72 bits per heavy atom. The van der Waals surface area contributed by atoms with Gasteiger partial charge in [-0.1, -0.05) is 13.8 Å². The number of aromatic amines is 1. The third-order valence-corrected chi connectivity index (χ3v) is 6.89. The van der Waals surface area contributed by atoms with Gasteiger partial charge >= 0.3 is 0 Å². The first-order valence-electron chi connectivity index (χ1n) is 9.19. The highest BCUT2D eigenvalue weighted by Gasteiger charge is 2.41. The number of fused-ring (bicyclic) bond motifs is 1. The van der Waals surface area contributed by atoms with E-state index in [4.69, 9.17) is 19.7 Å². The number of ether oxygens (including phenoxy) is 2. The smallest absolute Gasteiger partial charge is 0.280 e. The minimum absolute atomic E-state index is 0.0643. The zero-order chi connectivity index (χ0) is 21.5. The van der Waals surface area contributed by atoms with Crippen LogP contribution in [0.1, 0.15) is 40.3 Å². The van der Waals surface area contributed by atoms with Crippen molar-refractivity contribution >= 4 is 40.6 Å². The zero-order valence-electron chi connectivity index (χ0n) is 16.5. The Balaban J connectivity index is 1.95. The number of hydrogen-bond acceptors (Lipinski definition) is 9. The lowest BCUT2D eigenvalue weighted by Gasteiger charge is -2.31. The first kappa shape index (κ1) is 22.4. The molecule has 0 aromatic carbocycles. The molecule has 2 aromatic heterocycles. The number of nitrogens with two attached hydrogens (primary N) is 1. The summed E-state index contributed by atoms with van der Waals surface area (Å²) in [6.45, 7) is 7.00. The van der Waals surface area contributed by atoms with Gasteiger partial charge in [0.15, 0.2) is 15.9 Å². The van der Waals surface area contributed by atoms with E-state index in [1.165, 1.54) is 0 Å². The van der Waals surface area contributed by atoms with E-state index in [9.17, 15) is 14.3 Å². The number of halogens is 1. The van der Waals surface area contributed by atoms with Crippen LogP contribution in [0.3, 0.4) is 0 Å². The molecule has 1 unspecified atom stereocenters. The van der Waals surface area contributed by atoms with Gasteiger partial charge < -0.3 is 29.2 Å². The second-order valence-corrected chi connectivity index (χ2v) is 10.4. The van der Waals surface area contributed by atoms with Gasteiger partial charge in [-0.2, -0.15) is 4.98 Å². The van der Waals surface area contributed by atoms with Crippen LogP contribution in [0.5, 0.6) is 0 Å². The van der Waals surface area contributed by atoms with Gasteiger partial charge in [-0.15, -0.1) is 0 Å². The molecule has 29 heavy (non-hydrogen) atoms. The van der Waals surface area contributed by atoms with E-state index in [1.54, 1.807) is 18.4 Å². The Bertz CT molecular complexity index is 992. The average Bonchev–Trinajstić information content (AvgIpc) is 3.12. The highest BCUT2D eigenvalue weighted by molar-refractivity contribution is 9.10. The second-order valence-electron chi connectivity index (χ2n) is 7.40. The summed E-state index contributed by atoms with van der Waals surface area (Å²) in [7, 11) is -4.09. The Kier molecular flexibility index (Phi) is 6.52. The summed E-state index contributed by atoms with van der Waals surface area (Å²) in [6, 6.07) is 0. The molecular formula is C16H24BrN5O6P-. The molecule has 0 amide bonds. The van der Waals surface area contributed by atoms with Gasteiger partial charge in [0.25, 0.3) is 5.56 Å². The van der Waals surface area contributed by atoms with Crippen LogP contribution in [0, 0.1) is 0 Å². The maximum Gasteiger partial charge on any atom is 0.280 e. The van der Waals surface area contributed by atoms with Gasteiger partial charge in [-0.05, 0) is 29.8 Å². The monoisotopic (exact) mass is 492 g/mol. The molecule has 11 nitrogen and oxygen atoms in total. The van der Waals surface area contributed by atoms with E-state index < -0.39 is 37.2 Å². The molecule has 1 aliphatic heterocycles. The molecule has 0 saturated carbocycles. The number of nitrogen functional groups attached to an aromatic ring is 1. The van der Waals surface area contributed by atoms with Gasteiger partial charge in [0.1, 0.15) is 19.9 Å². The number of aromatic nitrogens is 4. The number of nitrogens with zero attached hydrogens (tertiary/aromatic N) is 3. The predicted molar refractivity (Wildman–Crippen MR) is 107 cm³/mol. The fourth-order valence-electron chi connectivity index (χ4n) is 2.95. The van der Waals surface area contributed by atoms with E-state index >= 15 is 0 Å². The Morgan fingerprint density at radius 2 is 2.10 bits per heavy atom. The molecule has 2 aromatic rings. The van der Waals surface area contributed by atoms with E-state index in [2.05, 4.69) is 30.9 Å². The molecule has 13 heteroatoms. The number of H-pyrrole nitrogens is 1. The van der Waals surface area contributed by atoms with Crippen LogP contribution in [0.2, 0.25) is 0 Å². The molecular weight excluding hydrogens is 469 g/mol. The van der Waals surface area contributed by atoms with Crippen LogP contribution in [0.25, 0.3) is 11.2 Å². The van der Waals surface area contributed by atoms with Gasteiger partial charge in [0.05, 0.1) is 18.8 Å². The normalized spacial score (nSPS) is 24.6. The highest BCUT2D eigenvalue weighted by Crippen LogP contribution is 2.48. The fraction of sp³-hybridized carbons (Fsp3) is 0.688. The maximum atomic E-state index is 12.3. The maximum absolute atomic E-state index is 12.3. The lowest BCUT2D eigenvalue weighted by molar-refractivity contribution is -0.207. The Labute approximate surface area is 175 Å². The summed E-state index contributed by atoms with van der Waals surface area (Å²) in [5.74, 6) is -0.0643. The zero-order valence-corrected chi connectivity index (χ0v) is 19.0. The molecule has 4 atom stereocenters. The third kappa shape index (κ3) is 4.73. The number of anilines is 1. The average molecular weight is 493 g/mol. The van der Waals surface area contributed by atoms with Crippen molar-refractivity contribution in [2.45, 2.75) is 64.3 Å². The van der Waals surface area contributed by atoms with Crippen molar-refractivity contribution in [2.75, 3.05) is 12.3 Å². The summed E-state index contributed by atoms with van der Waals surface area (Å²) >= 11 is 3.31. The Morgan fingerprint density at radius 1 is 1.41 bits per heavy atom. The lowest BCUT2D eigenvalue weighted by atomic mass is 10.2. The summed E-state index contributed by atoms with van der Waals surface area (Å²) in [5.41, 5.74) is 4.82. The SMILES string of the molecule is CC(C)OC[C@H]1O[C@@H](n2c(Br)nc3c(=O)[nH]c(N)nc32)C[C@H]1OP(=O)([O-])C(C)C. The molecule has 3 N–H and O–H groups in total. The molecule has 1 saturated heterocycles. The van der Waals surface area contributed by atoms with Gasteiger partial charge in [-0.25, -0.2) is 4.98 Å². The number of rotatable bonds is 7. The summed E-state index contributed by atoms with van der Waals surface area (Å²) in [4.78, 5) is 35.2. The standard InChI is InChI=1S/C16H25BrN5O6P/c1-7(2)26-6-10-9(28-29(24,25)8(3)4)5-11(27-10)22-13-12(19-15(22)17)14(23)21-16(18)20-13/h7-11H,5-6H2,1-4H3,(H,24,25)(H3,18,20,21,23)/p-1/t9-,10-,11-/m1/s1. The largest absolute Gasteiger partial charge is 0.778 e. The van der Waals surface area contributed by atoms with Crippen molar-refractivity contribution in [2.24, 2.45) is 0 Å². The lowest BCUT2D eigenvalue weighted by Crippen LogP contribution is -2.32. The molecule has 1 fully saturated rings. The van der Waals surface area contributed by atoms with Gasteiger partial charge in [-0.3, -0.25) is 14.3 Å². The fourth-order valence-corrected chi connectivity index (χ4v) is 4.36. The van der Waals surface area contributed by atoms with E-state index in [0.29, 0.717) is 4.73 Å². The first-order chi connectivity index (χ1) is 13.5. The highest BCUT2D eigenvalue weighted by atomic mass is 79.9. The van der Waals surface area contributed by atoms with Crippen molar-refractivity contribution in [1.82, 2.24) is 19.5 Å². The van der Waals surface area contributed by atoms with Crippen molar-refractivity contribution in [3.05, 3.63) is 15.1 Å². The van der Waals surface area contributed by atoms with Crippen LogP contribution in [0.15, 0.2) is 9.53 Å². The molecule has 1 aliphatic rings. The third-order valence-electron chi connectivity index (χ3n) is 4.50. The quantitative estimate of drug-likeness (QED) is 0.431. The van der Waals surface area contributed by atoms with Gasteiger partial charge in [0, 0.05) is 12.1 Å². The molecule has 3 heterocycles. The van der Waals surface area contributed by atoms with Crippen molar-refractivity contribution in [1.29, 1.82) is 0 Å². The number of hydrogen-bond donors (Lipinski definition) is 2. The van der Waals surface area contributed by atoms with Crippen LogP contribution < -0.4 is 16.2 Å². The summed E-state index contributed by atoms with van der Waals surface area (Å²) in [6.07, 6.45) is -1.94. The van der Waals surface area contributed by atoms with Crippen molar-refractivity contribution in [3.63, 3.8) is 0 Å². The van der Waals surface area contributed by atoms with E-state index in [1.807, 2.05) is 13.8 Å². The molecule has 0 radical (unpaired) electrons. The van der Waals surface area contributed by atoms with Crippen LogP contribution in [-0.4, -0.2) is 50.1 Å². The van der Waals surface area contributed by atoms with E-state index in [0.717, 1.165) is 0 Å². The minimum Gasteiger partial charge on any atom is -0.778 e. The van der Waals surface area contributed by atoms with Crippen molar-refractivity contribution < 1.29 is 23.5 Å². The second kappa shape index (κ2) is 8.44. The Hall–Kier alpha value is -1.30. The van der Waals surface area contributed by atoms with Crippen molar-refractivity contribution in [3.8, 4) is 0 Å². The van der Waals surface area contributed by atoms with Crippen LogP contribution in [-0.2, 0) is 18.6 Å². The van der Waals surface area contributed by atoms with E-state index in [-0.39, 0.29) is 36.2 Å². The van der Waals surface area contributed by atoms with Gasteiger partial charge in [0.2, 0.25) is 5.95 Å².